The van der Waals surface area contributed by atoms with Gasteiger partial charge < -0.3 is 11.5 Å². The second-order valence-corrected chi connectivity index (χ2v) is 2.85. The van der Waals surface area contributed by atoms with E-state index in [1.54, 1.807) is 17.8 Å². The summed E-state index contributed by atoms with van der Waals surface area (Å²) in [6.45, 7) is 0. The van der Waals surface area contributed by atoms with Crippen molar-refractivity contribution in [3.63, 3.8) is 0 Å². The van der Waals surface area contributed by atoms with Gasteiger partial charge in [-0.1, -0.05) is 0 Å². The summed E-state index contributed by atoms with van der Waals surface area (Å²) in [4.78, 5) is 1.04. The predicted molar refractivity (Wildman–Crippen MR) is 47.0 cm³/mol. The smallest absolute Gasteiger partial charge is 0.0453 e. The quantitative estimate of drug-likeness (QED) is 0.477. The highest BCUT2D eigenvalue weighted by Gasteiger charge is 1.95. The van der Waals surface area contributed by atoms with E-state index in [2.05, 4.69) is 0 Å². The summed E-state index contributed by atoms with van der Waals surface area (Å²) in [5.74, 6) is 0. The van der Waals surface area contributed by atoms with Crippen molar-refractivity contribution in [1.82, 2.24) is 0 Å². The van der Waals surface area contributed by atoms with E-state index in [0.717, 1.165) is 16.3 Å². The number of nitrogens with two attached hydrogens (primary N) is 2. The van der Waals surface area contributed by atoms with Gasteiger partial charge in [0, 0.05) is 16.3 Å². The van der Waals surface area contributed by atoms with Gasteiger partial charge in [-0.05, 0) is 24.5 Å². The van der Waals surface area contributed by atoms with E-state index >= 15 is 0 Å². The second-order valence-electron chi connectivity index (χ2n) is 2.00. The third kappa shape index (κ3) is 1.36. The fourth-order valence-corrected chi connectivity index (χ4v) is 1.29. The number of hydrogen-bond donors (Lipinski definition) is 2. The molecule has 0 aromatic heterocycles. The lowest BCUT2D eigenvalue weighted by Crippen LogP contribution is -1.90. The van der Waals surface area contributed by atoms with Gasteiger partial charge in [-0.15, -0.1) is 11.8 Å². The molecule has 0 aliphatic heterocycles. The molecule has 0 spiro atoms. The minimum atomic E-state index is 0.763. The molecule has 1 rings (SSSR count). The summed E-state index contributed by atoms with van der Waals surface area (Å²) in [6.07, 6.45) is 1.98. The number of nitrogen functional groups attached to an aromatic ring is 2. The molecule has 10 heavy (non-hydrogen) atoms. The van der Waals surface area contributed by atoms with Crippen molar-refractivity contribution < 1.29 is 0 Å². The van der Waals surface area contributed by atoms with Crippen molar-refractivity contribution in [1.29, 1.82) is 0 Å². The third-order valence-electron chi connectivity index (χ3n) is 1.26. The van der Waals surface area contributed by atoms with Crippen LogP contribution >= 0.6 is 11.8 Å². The van der Waals surface area contributed by atoms with E-state index in [0.29, 0.717) is 0 Å². The number of thioether (sulfide) groups is 1. The Hall–Kier alpha value is -0.830. The van der Waals surface area contributed by atoms with Crippen LogP contribution in [0.3, 0.4) is 0 Å². The van der Waals surface area contributed by atoms with Crippen molar-refractivity contribution in [3.8, 4) is 0 Å². The lowest BCUT2D eigenvalue weighted by Gasteiger charge is -2.01. The first-order chi connectivity index (χ1) is 4.74. The highest BCUT2D eigenvalue weighted by molar-refractivity contribution is 7.98. The van der Waals surface area contributed by atoms with Crippen molar-refractivity contribution in [2.45, 2.75) is 4.90 Å². The summed E-state index contributed by atoms with van der Waals surface area (Å²) in [5.41, 5.74) is 12.7. The molecular weight excluding hydrogens is 144 g/mol. The minimum Gasteiger partial charge on any atom is -0.399 e. The zero-order valence-corrected chi connectivity index (χ0v) is 6.61. The Morgan fingerprint density at radius 1 is 1.30 bits per heavy atom. The molecule has 54 valence electrons. The van der Waals surface area contributed by atoms with E-state index < -0.39 is 0 Å². The Bertz CT molecular complexity index is 235. The molecule has 3 heteroatoms. The van der Waals surface area contributed by atoms with E-state index in [9.17, 15) is 0 Å². The van der Waals surface area contributed by atoms with Gasteiger partial charge in [0.2, 0.25) is 0 Å². The zero-order chi connectivity index (χ0) is 7.56. The Labute approximate surface area is 64.6 Å². The van der Waals surface area contributed by atoms with Crippen LogP contribution in [0.15, 0.2) is 23.1 Å². The summed E-state index contributed by atoms with van der Waals surface area (Å²) in [7, 11) is 0. The first-order valence-electron chi connectivity index (χ1n) is 2.93. The van der Waals surface area contributed by atoms with Crippen molar-refractivity contribution in [3.05, 3.63) is 18.2 Å². The van der Waals surface area contributed by atoms with E-state index in [1.165, 1.54) is 0 Å². The van der Waals surface area contributed by atoms with Gasteiger partial charge in [0.25, 0.3) is 0 Å². The Balaban J connectivity index is 3.09. The van der Waals surface area contributed by atoms with Crippen LogP contribution in [0.5, 0.6) is 0 Å². The Morgan fingerprint density at radius 3 is 2.50 bits per heavy atom. The first kappa shape index (κ1) is 7.28. The molecule has 1 aromatic rings. The molecule has 0 amide bonds. The third-order valence-corrected chi connectivity index (χ3v) is 2.05. The average molecular weight is 154 g/mol. The normalized spacial score (nSPS) is 9.70. The standard InChI is InChI=1S/C7H10N2S/c1-10-7-4-5(8)2-3-6(7)9/h2-4H,8-9H2,1H3. The largest absolute Gasteiger partial charge is 0.399 e. The molecule has 0 heterocycles. The zero-order valence-electron chi connectivity index (χ0n) is 5.79. The molecule has 0 aliphatic carbocycles. The van der Waals surface area contributed by atoms with Crippen LogP contribution in [-0.4, -0.2) is 6.26 Å². The maximum absolute atomic E-state index is 5.62. The number of hydrogen-bond acceptors (Lipinski definition) is 3. The highest BCUT2D eigenvalue weighted by atomic mass is 32.2. The Kier molecular flexibility index (Phi) is 2.06. The highest BCUT2D eigenvalue weighted by Crippen LogP contribution is 2.24. The van der Waals surface area contributed by atoms with Crippen LogP contribution < -0.4 is 11.5 Å². The molecule has 0 unspecified atom stereocenters. The van der Waals surface area contributed by atoms with Gasteiger partial charge in [0.05, 0.1) is 0 Å². The first-order valence-corrected chi connectivity index (χ1v) is 4.15. The molecule has 0 fully saturated rings. The van der Waals surface area contributed by atoms with Crippen LogP contribution in [0.2, 0.25) is 0 Å². The summed E-state index contributed by atoms with van der Waals surface area (Å²) in [5, 5.41) is 0. The maximum atomic E-state index is 5.62. The fraction of sp³-hybridized carbons (Fsp3) is 0.143. The maximum Gasteiger partial charge on any atom is 0.0453 e. The molecule has 0 saturated carbocycles. The predicted octanol–water partition coefficient (Wildman–Crippen LogP) is 1.57. The van der Waals surface area contributed by atoms with Gasteiger partial charge in [-0.2, -0.15) is 0 Å². The minimum absolute atomic E-state index is 0.763. The molecule has 0 aliphatic rings. The molecule has 0 atom stereocenters. The summed E-state index contributed by atoms with van der Waals surface area (Å²) < 4.78 is 0. The summed E-state index contributed by atoms with van der Waals surface area (Å²) >= 11 is 1.60. The number of rotatable bonds is 1. The Morgan fingerprint density at radius 2 is 2.00 bits per heavy atom. The van der Waals surface area contributed by atoms with Crippen molar-refractivity contribution >= 4 is 23.1 Å². The van der Waals surface area contributed by atoms with Gasteiger partial charge in [-0.3, -0.25) is 0 Å². The molecule has 2 nitrogen and oxygen atoms in total. The van der Waals surface area contributed by atoms with Crippen molar-refractivity contribution in [2.75, 3.05) is 17.7 Å². The van der Waals surface area contributed by atoms with Gasteiger partial charge in [0.15, 0.2) is 0 Å². The van der Waals surface area contributed by atoms with Crippen LogP contribution in [0.25, 0.3) is 0 Å². The van der Waals surface area contributed by atoms with Crippen molar-refractivity contribution in [2.24, 2.45) is 0 Å². The van der Waals surface area contributed by atoms with Gasteiger partial charge in [0.1, 0.15) is 0 Å². The fourth-order valence-electron chi connectivity index (χ4n) is 0.728. The molecule has 0 saturated heterocycles. The van der Waals surface area contributed by atoms with E-state index in [-0.39, 0.29) is 0 Å². The molecule has 0 bridgehead atoms. The monoisotopic (exact) mass is 154 g/mol. The topological polar surface area (TPSA) is 52.0 Å². The van der Waals surface area contributed by atoms with E-state index in [4.69, 9.17) is 11.5 Å². The van der Waals surface area contributed by atoms with Crippen LogP contribution in [0.1, 0.15) is 0 Å². The molecular formula is C7H10N2S. The summed E-state index contributed by atoms with van der Waals surface area (Å²) in [6, 6.07) is 5.50. The lowest BCUT2D eigenvalue weighted by atomic mass is 10.3. The van der Waals surface area contributed by atoms with Crippen LogP contribution in [-0.2, 0) is 0 Å². The second kappa shape index (κ2) is 2.84. The van der Waals surface area contributed by atoms with Crippen LogP contribution in [0.4, 0.5) is 11.4 Å². The molecule has 1 aromatic carbocycles. The number of benzene rings is 1. The lowest BCUT2D eigenvalue weighted by molar-refractivity contribution is 1.47. The molecule has 4 N–H and O–H groups in total. The SMILES string of the molecule is CSc1cc(N)ccc1N. The van der Waals surface area contributed by atoms with Gasteiger partial charge >= 0.3 is 0 Å². The van der Waals surface area contributed by atoms with E-state index in [1.807, 2.05) is 18.4 Å². The van der Waals surface area contributed by atoms with Crippen LogP contribution in [0, 0.1) is 0 Å². The number of anilines is 2. The molecule has 0 radical (unpaired) electrons. The van der Waals surface area contributed by atoms with Gasteiger partial charge in [-0.25, -0.2) is 0 Å². The average Bonchev–Trinajstić information content (AvgIpc) is 1.94.